The van der Waals surface area contributed by atoms with Crippen LogP contribution in [0.3, 0.4) is 0 Å². The molecule has 0 aliphatic carbocycles. The average molecular weight is 315 g/mol. The first kappa shape index (κ1) is 17.3. The minimum Gasteiger partial charge on any atom is -0.372 e. The highest BCUT2D eigenvalue weighted by atomic mass is 16.5. The fourth-order valence-corrected chi connectivity index (χ4v) is 2.77. The lowest BCUT2D eigenvalue weighted by Crippen LogP contribution is -2.54. The first-order chi connectivity index (χ1) is 11.1. The minimum absolute atomic E-state index is 0.0835. The molecule has 2 atom stereocenters. The summed E-state index contributed by atoms with van der Waals surface area (Å²) in [4.78, 5) is 14.4. The molecule has 2 amide bonds. The van der Waals surface area contributed by atoms with E-state index in [0.717, 1.165) is 12.0 Å². The molecule has 5 nitrogen and oxygen atoms in total. The van der Waals surface area contributed by atoms with Crippen LogP contribution in [-0.4, -0.2) is 36.2 Å². The second-order valence-corrected chi connectivity index (χ2v) is 6.18. The van der Waals surface area contributed by atoms with E-state index in [0.29, 0.717) is 32.5 Å². The van der Waals surface area contributed by atoms with Gasteiger partial charge in [0.05, 0.1) is 30.9 Å². The predicted molar refractivity (Wildman–Crippen MR) is 88.8 cm³/mol. The van der Waals surface area contributed by atoms with E-state index in [1.165, 1.54) is 0 Å². The largest absolute Gasteiger partial charge is 0.372 e. The maximum absolute atomic E-state index is 12.6. The molecule has 1 aliphatic heterocycles. The van der Waals surface area contributed by atoms with Gasteiger partial charge in [-0.1, -0.05) is 37.3 Å². The van der Waals surface area contributed by atoms with E-state index >= 15 is 0 Å². The van der Waals surface area contributed by atoms with Crippen LogP contribution in [-0.2, 0) is 4.74 Å². The number of urea groups is 1. The third-order valence-corrected chi connectivity index (χ3v) is 4.42. The van der Waals surface area contributed by atoms with Crippen LogP contribution >= 0.6 is 0 Å². The molecular weight excluding hydrogens is 290 g/mol. The van der Waals surface area contributed by atoms with Crippen molar-refractivity contribution in [1.29, 1.82) is 5.26 Å². The zero-order chi connectivity index (χ0) is 16.7. The van der Waals surface area contributed by atoms with E-state index < -0.39 is 0 Å². The van der Waals surface area contributed by atoms with Crippen LogP contribution in [0.5, 0.6) is 0 Å². The highest BCUT2D eigenvalue weighted by Gasteiger charge is 2.33. The Balaban J connectivity index is 2.04. The second-order valence-electron chi connectivity index (χ2n) is 6.18. The molecule has 1 aromatic carbocycles. The van der Waals surface area contributed by atoms with Crippen LogP contribution in [0.2, 0.25) is 0 Å². The summed E-state index contributed by atoms with van der Waals surface area (Å²) in [5.41, 5.74) is 0.757. The van der Waals surface area contributed by atoms with Crippen molar-refractivity contribution in [1.82, 2.24) is 10.2 Å². The number of nitrogens with one attached hydrogen (secondary N) is 1. The van der Waals surface area contributed by atoms with Gasteiger partial charge in [-0.3, -0.25) is 0 Å². The summed E-state index contributed by atoms with van der Waals surface area (Å²) in [5, 5.41) is 11.9. The van der Waals surface area contributed by atoms with Crippen molar-refractivity contribution >= 4 is 6.03 Å². The Morgan fingerprint density at radius 2 is 2.22 bits per heavy atom. The Morgan fingerprint density at radius 1 is 1.48 bits per heavy atom. The van der Waals surface area contributed by atoms with E-state index in [1.54, 1.807) is 0 Å². The fraction of sp³-hybridized carbons (Fsp3) is 0.556. The standard InChI is InChI=1S/C18H25N3O2/c1-3-18(2)14-21(12-13-23-18)17(22)20-16(10-7-11-19)15-8-5-4-6-9-15/h4-6,8-9,16H,3,7,10,12-14H2,1-2H3,(H,20,22)/t16-,18+/m1/s1. The fourth-order valence-electron chi connectivity index (χ4n) is 2.77. The number of nitriles is 1. The molecule has 1 saturated heterocycles. The van der Waals surface area contributed by atoms with Crippen molar-refractivity contribution in [2.24, 2.45) is 0 Å². The molecule has 0 radical (unpaired) electrons. The molecule has 0 bridgehead atoms. The minimum atomic E-state index is -0.273. The summed E-state index contributed by atoms with van der Waals surface area (Å²) in [6, 6.07) is 11.7. The van der Waals surface area contributed by atoms with E-state index in [9.17, 15) is 4.79 Å². The molecule has 5 heteroatoms. The van der Waals surface area contributed by atoms with Crippen molar-refractivity contribution in [2.75, 3.05) is 19.7 Å². The molecule has 0 unspecified atom stereocenters. The van der Waals surface area contributed by atoms with Gasteiger partial charge >= 0.3 is 6.03 Å². The van der Waals surface area contributed by atoms with Gasteiger partial charge in [-0.05, 0) is 25.3 Å². The maximum Gasteiger partial charge on any atom is 0.318 e. The third kappa shape index (κ3) is 4.70. The van der Waals surface area contributed by atoms with Crippen LogP contribution in [0.25, 0.3) is 0 Å². The van der Waals surface area contributed by atoms with Crippen LogP contribution in [0, 0.1) is 11.3 Å². The number of morpholine rings is 1. The lowest BCUT2D eigenvalue weighted by atomic mass is 10.0. The molecule has 0 aromatic heterocycles. The molecule has 0 saturated carbocycles. The lowest BCUT2D eigenvalue weighted by Gasteiger charge is -2.40. The Morgan fingerprint density at radius 3 is 2.87 bits per heavy atom. The van der Waals surface area contributed by atoms with Gasteiger partial charge < -0.3 is 15.0 Å². The summed E-state index contributed by atoms with van der Waals surface area (Å²) in [7, 11) is 0. The van der Waals surface area contributed by atoms with Gasteiger partial charge in [-0.15, -0.1) is 0 Å². The van der Waals surface area contributed by atoms with Crippen LogP contribution in [0.4, 0.5) is 4.79 Å². The number of rotatable bonds is 5. The maximum atomic E-state index is 12.6. The van der Waals surface area contributed by atoms with Gasteiger partial charge in [0, 0.05) is 13.0 Å². The molecule has 124 valence electrons. The van der Waals surface area contributed by atoms with E-state index in [2.05, 4.69) is 18.3 Å². The summed E-state index contributed by atoms with van der Waals surface area (Å²) in [6.45, 7) is 5.86. The molecule has 1 aromatic rings. The van der Waals surface area contributed by atoms with Crippen LogP contribution in [0.1, 0.15) is 44.7 Å². The zero-order valence-corrected chi connectivity index (χ0v) is 13.9. The molecular formula is C18H25N3O2. The quantitative estimate of drug-likeness (QED) is 0.907. The number of carbonyl (C=O) groups excluding carboxylic acids is 1. The number of carbonyl (C=O) groups is 1. The number of hydrogen-bond acceptors (Lipinski definition) is 3. The lowest BCUT2D eigenvalue weighted by molar-refractivity contribution is -0.0874. The normalized spacial score (nSPS) is 22.2. The number of ether oxygens (including phenoxy) is 1. The Hall–Kier alpha value is -2.06. The molecule has 2 rings (SSSR count). The Labute approximate surface area is 138 Å². The summed E-state index contributed by atoms with van der Waals surface area (Å²) < 4.78 is 5.78. The van der Waals surface area contributed by atoms with Crippen LogP contribution in [0.15, 0.2) is 30.3 Å². The molecule has 1 N–H and O–H groups in total. The zero-order valence-electron chi connectivity index (χ0n) is 13.9. The summed E-state index contributed by atoms with van der Waals surface area (Å²) >= 11 is 0. The first-order valence-electron chi connectivity index (χ1n) is 8.19. The Bertz CT molecular complexity index is 555. The number of benzene rings is 1. The highest BCUT2D eigenvalue weighted by Crippen LogP contribution is 2.23. The van der Waals surface area contributed by atoms with E-state index in [-0.39, 0.29) is 17.7 Å². The SMILES string of the molecule is CC[C@@]1(C)CN(C(=O)N[C@H](CCC#N)c2ccccc2)CCO1. The molecule has 23 heavy (non-hydrogen) atoms. The van der Waals surface area contributed by atoms with Gasteiger partial charge in [-0.25, -0.2) is 4.79 Å². The number of hydrogen-bond donors (Lipinski definition) is 1. The Kier molecular flexibility index (Phi) is 6.00. The van der Waals surface area contributed by atoms with Gasteiger partial charge in [-0.2, -0.15) is 5.26 Å². The van der Waals surface area contributed by atoms with E-state index in [1.807, 2.05) is 42.2 Å². The van der Waals surface area contributed by atoms with Crippen LogP contribution < -0.4 is 5.32 Å². The molecule has 1 aliphatic rings. The average Bonchev–Trinajstić information content (AvgIpc) is 2.59. The van der Waals surface area contributed by atoms with Crippen molar-refractivity contribution in [3.05, 3.63) is 35.9 Å². The summed E-state index contributed by atoms with van der Waals surface area (Å²) in [6.07, 6.45) is 1.89. The predicted octanol–water partition coefficient (Wildman–Crippen LogP) is 3.24. The monoisotopic (exact) mass is 315 g/mol. The highest BCUT2D eigenvalue weighted by molar-refractivity contribution is 5.75. The molecule has 1 fully saturated rings. The molecule has 1 heterocycles. The number of nitrogens with zero attached hydrogens (tertiary/aromatic N) is 2. The van der Waals surface area contributed by atoms with Gasteiger partial charge in [0.25, 0.3) is 0 Å². The molecule has 0 spiro atoms. The van der Waals surface area contributed by atoms with Crippen molar-refractivity contribution in [3.63, 3.8) is 0 Å². The van der Waals surface area contributed by atoms with E-state index in [4.69, 9.17) is 10.00 Å². The summed E-state index contributed by atoms with van der Waals surface area (Å²) in [5.74, 6) is 0. The van der Waals surface area contributed by atoms with Gasteiger partial charge in [0.1, 0.15) is 0 Å². The topological polar surface area (TPSA) is 65.4 Å². The second kappa shape index (κ2) is 7.98. The van der Waals surface area contributed by atoms with Gasteiger partial charge in [0.15, 0.2) is 0 Å². The van der Waals surface area contributed by atoms with Crippen molar-refractivity contribution in [2.45, 2.75) is 44.8 Å². The van der Waals surface area contributed by atoms with Gasteiger partial charge in [0.2, 0.25) is 0 Å². The number of amides is 2. The van der Waals surface area contributed by atoms with Crippen molar-refractivity contribution in [3.8, 4) is 6.07 Å². The third-order valence-electron chi connectivity index (χ3n) is 4.42. The smallest absolute Gasteiger partial charge is 0.318 e. The van der Waals surface area contributed by atoms with Crippen molar-refractivity contribution < 1.29 is 9.53 Å². The first-order valence-corrected chi connectivity index (χ1v) is 8.19.